The van der Waals surface area contributed by atoms with Crippen LogP contribution in [0.2, 0.25) is 0 Å². The van der Waals surface area contributed by atoms with Gasteiger partial charge in [0.15, 0.2) is 0 Å². The van der Waals surface area contributed by atoms with Crippen LogP contribution < -0.4 is 5.73 Å². The van der Waals surface area contributed by atoms with Gasteiger partial charge in [-0.15, -0.1) is 12.4 Å². The van der Waals surface area contributed by atoms with Crippen LogP contribution in [0.5, 0.6) is 0 Å². The molecule has 0 unspecified atom stereocenters. The van der Waals surface area contributed by atoms with Gasteiger partial charge in [-0.3, -0.25) is 0 Å². The fourth-order valence-corrected chi connectivity index (χ4v) is 0.394. The van der Waals surface area contributed by atoms with E-state index in [1.54, 1.807) is 0 Å². The molecule has 0 aromatic heterocycles. The van der Waals surface area contributed by atoms with E-state index in [2.05, 4.69) is 0 Å². The van der Waals surface area contributed by atoms with Crippen LogP contribution in [-0.4, -0.2) is 6.61 Å². The second kappa shape index (κ2) is 7.79. The highest BCUT2D eigenvalue weighted by Crippen LogP contribution is 1.95. The van der Waals surface area contributed by atoms with Gasteiger partial charge in [0.05, 0.1) is 13.2 Å². The zero-order chi connectivity index (χ0) is 6.41. The molecule has 0 aliphatic rings. The van der Waals surface area contributed by atoms with Gasteiger partial charge in [-0.25, -0.2) is 0 Å². The third-order valence-corrected chi connectivity index (χ3v) is 0.760. The van der Waals surface area contributed by atoms with Gasteiger partial charge in [0.25, 0.3) is 0 Å². The normalized spacial score (nSPS) is 10.3. The number of rotatable bonds is 3. The summed E-state index contributed by atoms with van der Waals surface area (Å²) in [5, 5.41) is 0. The summed E-state index contributed by atoms with van der Waals surface area (Å²) in [5.74, 6) is 0.743. The van der Waals surface area contributed by atoms with Crippen molar-refractivity contribution in [2.24, 2.45) is 5.73 Å². The second-order valence-electron chi connectivity index (χ2n) is 1.29. The van der Waals surface area contributed by atoms with E-state index < -0.39 is 0 Å². The van der Waals surface area contributed by atoms with Gasteiger partial charge in [-0.05, 0) is 19.9 Å². The highest BCUT2D eigenvalue weighted by molar-refractivity contribution is 5.85. The molecule has 0 atom stereocenters. The van der Waals surface area contributed by atoms with Crippen LogP contribution in [-0.2, 0) is 4.74 Å². The van der Waals surface area contributed by atoms with E-state index in [1.807, 2.05) is 19.9 Å². The molecule has 0 rings (SSSR count). The molecule has 0 saturated heterocycles. The summed E-state index contributed by atoms with van der Waals surface area (Å²) in [7, 11) is 0. The van der Waals surface area contributed by atoms with Gasteiger partial charge in [-0.1, -0.05) is 0 Å². The van der Waals surface area contributed by atoms with E-state index in [0.717, 1.165) is 5.76 Å². The molecular formula is C6H13ClNO. The van der Waals surface area contributed by atoms with Crippen LogP contribution in [0.3, 0.4) is 0 Å². The minimum Gasteiger partial charge on any atom is -0.497 e. The SMILES string of the molecule is C/C=C(/[CH]N)OCC.Cl. The van der Waals surface area contributed by atoms with Crippen molar-refractivity contribution in [3.05, 3.63) is 18.4 Å². The van der Waals surface area contributed by atoms with Crippen LogP contribution >= 0.6 is 12.4 Å². The van der Waals surface area contributed by atoms with Gasteiger partial charge in [-0.2, -0.15) is 0 Å². The van der Waals surface area contributed by atoms with Crippen LogP contribution in [0.15, 0.2) is 11.8 Å². The van der Waals surface area contributed by atoms with E-state index in [1.165, 1.54) is 6.54 Å². The molecule has 0 saturated carbocycles. The lowest BCUT2D eigenvalue weighted by Gasteiger charge is -2.01. The van der Waals surface area contributed by atoms with E-state index >= 15 is 0 Å². The standard InChI is InChI=1S/C6H12NO.ClH/c1-3-6(5-7)8-4-2;/h3,5H,4,7H2,1-2H3;1H/b6-3-;. The zero-order valence-electron chi connectivity index (χ0n) is 5.76. The summed E-state index contributed by atoms with van der Waals surface area (Å²) < 4.78 is 5.02. The van der Waals surface area contributed by atoms with E-state index in [-0.39, 0.29) is 12.4 Å². The Morgan fingerprint density at radius 1 is 1.67 bits per heavy atom. The molecule has 55 valence electrons. The Morgan fingerprint density at radius 3 is 2.33 bits per heavy atom. The lowest BCUT2D eigenvalue weighted by atomic mass is 10.5. The lowest BCUT2D eigenvalue weighted by Crippen LogP contribution is -1.98. The topological polar surface area (TPSA) is 35.2 Å². The summed E-state index contributed by atoms with van der Waals surface area (Å²) in [6.07, 6.45) is 1.82. The van der Waals surface area contributed by atoms with Crippen molar-refractivity contribution in [1.82, 2.24) is 0 Å². The predicted molar refractivity (Wildman–Crippen MR) is 41.1 cm³/mol. The van der Waals surface area contributed by atoms with Gasteiger partial charge < -0.3 is 10.5 Å². The van der Waals surface area contributed by atoms with Crippen molar-refractivity contribution in [1.29, 1.82) is 0 Å². The van der Waals surface area contributed by atoms with Crippen molar-refractivity contribution < 1.29 is 4.74 Å². The largest absolute Gasteiger partial charge is 0.497 e. The minimum absolute atomic E-state index is 0. The Labute approximate surface area is 62.5 Å². The number of halogens is 1. The van der Waals surface area contributed by atoms with Crippen molar-refractivity contribution in [2.45, 2.75) is 13.8 Å². The van der Waals surface area contributed by atoms with Crippen LogP contribution in [0.1, 0.15) is 13.8 Å². The van der Waals surface area contributed by atoms with Gasteiger partial charge in [0, 0.05) is 0 Å². The molecule has 0 spiro atoms. The third kappa shape index (κ3) is 5.66. The van der Waals surface area contributed by atoms with Crippen molar-refractivity contribution in [2.75, 3.05) is 6.61 Å². The monoisotopic (exact) mass is 150 g/mol. The number of hydrogen-bond acceptors (Lipinski definition) is 2. The van der Waals surface area contributed by atoms with Gasteiger partial charge in [0.2, 0.25) is 0 Å². The molecule has 1 radical (unpaired) electrons. The first-order valence-electron chi connectivity index (χ1n) is 2.69. The molecule has 0 aromatic carbocycles. The molecule has 3 heteroatoms. The highest BCUT2D eigenvalue weighted by atomic mass is 35.5. The molecule has 0 heterocycles. The summed E-state index contributed by atoms with van der Waals surface area (Å²) in [5.41, 5.74) is 5.15. The molecular weight excluding hydrogens is 138 g/mol. The van der Waals surface area contributed by atoms with Crippen LogP contribution in [0.25, 0.3) is 0 Å². The average molecular weight is 151 g/mol. The average Bonchev–Trinajstić information content (AvgIpc) is 1.83. The Balaban J connectivity index is 0. The maximum absolute atomic E-state index is 5.15. The molecule has 0 amide bonds. The maximum Gasteiger partial charge on any atom is 0.110 e. The third-order valence-electron chi connectivity index (χ3n) is 0.760. The number of allylic oxidation sites excluding steroid dienone is 1. The molecule has 9 heavy (non-hydrogen) atoms. The molecule has 0 aliphatic carbocycles. The van der Waals surface area contributed by atoms with Crippen molar-refractivity contribution in [3.8, 4) is 0 Å². The van der Waals surface area contributed by atoms with E-state index in [0.29, 0.717) is 6.61 Å². The zero-order valence-corrected chi connectivity index (χ0v) is 6.57. The first kappa shape index (κ1) is 11.6. The summed E-state index contributed by atoms with van der Waals surface area (Å²) in [6, 6.07) is 0. The highest BCUT2D eigenvalue weighted by Gasteiger charge is 1.87. The molecule has 0 aliphatic heterocycles. The fraction of sp³-hybridized carbons (Fsp3) is 0.500. The first-order chi connectivity index (χ1) is 3.85. The predicted octanol–water partition coefficient (Wildman–Crippen LogP) is 1.47. The molecule has 0 fully saturated rings. The van der Waals surface area contributed by atoms with Crippen molar-refractivity contribution in [3.63, 3.8) is 0 Å². The van der Waals surface area contributed by atoms with Crippen molar-refractivity contribution >= 4 is 12.4 Å². The lowest BCUT2D eigenvalue weighted by molar-refractivity contribution is 0.235. The quantitative estimate of drug-likeness (QED) is 0.619. The Hall–Kier alpha value is -0.210. The van der Waals surface area contributed by atoms with Gasteiger partial charge in [0.1, 0.15) is 5.76 Å². The van der Waals surface area contributed by atoms with Gasteiger partial charge >= 0.3 is 0 Å². The Morgan fingerprint density at radius 2 is 2.22 bits per heavy atom. The second-order valence-corrected chi connectivity index (χ2v) is 1.29. The number of ether oxygens (including phenoxy) is 1. The Bertz CT molecular complexity index is 83.1. The van der Waals surface area contributed by atoms with Crippen LogP contribution in [0.4, 0.5) is 0 Å². The first-order valence-corrected chi connectivity index (χ1v) is 2.69. The van der Waals surface area contributed by atoms with Crippen LogP contribution in [0, 0.1) is 6.54 Å². The molecule has 2 N–H and O–H groups in total. The summed E-state index contributed by atoms with van der Waals surface area (Å²) in [6.45, 7) is 5.93. The summed E-state index contributed by atoms with van der Waals surface area (Å²) >= 11 is 0. The van der Waals surface area contributed by atoms with E-state index in [9.17, 15) is 0 Å². The Kier molecular flexibility index (Phi) is 10.0. The fourth-order valence-electron chi connectivity index (χ4n) is 0.394. The molecule has 0 aromatic rings. The summed E-state index contributed by atoms with van der Waals surface area (Å²) in [4.78, 5) is 0. The maximum atomic E-state index is 5.15. The smallest absolute Gasteiger partial charge is 0.110 e. The minimum atomic E-state index is 0. The molecule has 0 bridgehead atoms. The number of hydrogen-bond donors (Lipinski definition) is 1. The van der Waals surface area contributed by atoms with E-state index in [4.69, 9.17) is 10.5 Å². The molecule has 2 nitrogen and oxygen atoms in total. The number of nitrogens with two attached hydrogens (primary N) is 1.